The van der Waals surface area contributed by atoms with Crippen molar-refractivity contribution in [3.8, 4) is 0 Å². The van der Waals surface area contributed by atoms with Crippen LogP contribution in [0, 0.1) is 0 Å². The van der Waals surface area contributed by atoms with Gasteiger partial charge < -0.3 is 28.7 Å². The largest absolute Gasteiger partial charge is 0.378 e. The number of ether oxygens (including phenoxy) is 2. The molecule has 0 aliphatic carbocycles. The van der Waals surface area contributed by atoms with Crippen molar-refractivity contribution in [2.45, 2.75) is 98.2 Å². The number of rotatable bonds is 15. The monoisotopic (exact) mass is 545 g/mol. The highest BCUT2D eigenvalue weighted by molar-refractivity contribution is 8.13. The number of hydrogen-bond acceptors (Lipinski definition) is 9. The molecule has 4 atom stereocenters. The third-order valence-electron chi connectivity index (χ3n) is 5.83. The van der Waals surface area contributed by atoms with Gasteiger partial charge in [0.1, 0.15) is 12.0 Å². The molecule has 1 fully saturated rings. The first-order valence-corrected chi connectivity index (χ1v) is 14.9. The van der Waals surface area contributed by atoms with E-state index in [2.05, 4.69) is 51.2 Å². The zero-order valence-corrected chi connectivity index (χ0v) is 24.5. The third kappa shape index (κ3) is 9.08. The van der Waals surface area contributed by atoms with Gasteiger partial charge in [0.05, 0.1) is 32.0 Å². The first-order valence-electron chi connectivity index (χ1n) is 12.8. The molecule has 36 heavy (non-hydrogen) atoms. The molecule has 0 radical (unpaired) electrons. The van der Waals surface area contributed by atoms with E-state index in [0.29, 0.717) is 49.8 Å². The first kappa shape index (κ1) is 31.2. The number of nitrogens with zero attached hydrogens (tertiary/aromatic N) is 2. The number of thioether (sulfide) groups is 1. The van der Waals surface area contributed by atoms with E-state index < -0.39 is 8.53 Å². The number of carbonyl (C=O) groups is 2. The molecule has 1 N–H and O–H groups in total. The fraction of sp³-hybridized carbons (Fsp3) is 0.760. The summed E-state index contributed by atoms with van der Waals surface area (Å²) in [5, 5.41) is 2.97. The summed E-state index contributed by atoms with van der Waals surface area (Å²) in [6, 6.07) is 0.462. The number of hydrogen-bond donors (Lipinski definition) is 1. The summed E-state index contributed by atoms with van der Waals surface area (Å²) in [6.07, 6.45) is 3.20. The van der Waals surface area contributed by atoms with E-state index in [-0.39, 0.29) is 41.5 Å². The average molecular weight is 546 g/mol. The van der Waals surface area contributed by atoms with Crippen LogP contribution < -0.4 is 5.32 Å². The Morgan fingerprint density at radius 1 is 1.28 bits per heavy atom. The van der Waals surface area contributed by atoms with Crippen molar-refractivity contribution >= 4 is 31.3 Å². The zero-order chi connectivity index (χ0) is 26.8. The van der Waals surface area contributed by atoms with Gasteiger partial charge in [0.15, 0.2) is 5.12 Å². The lowest BCUT2D eigenvalue weighted by atomic mass is 10.1. The molecule has 0 bridgehead atoms. The molecule has 2 aliphatic heterocycles. The Labute approximate surface area is 222 Å². The molecule has 0 aromatic heterocycles. The highest BCUT2D eigenvalue weighted by atomic mass is 32.2. The molecule has 0 aromatic rings. The van der Waals surface area contributed by atoms with Crippen LogP contribution in [0.3, 0.4) is 0 Å². The molecule has 2 unspecified atom stereocenters. The first-order chi connectivity index (χ1) is 17.1. The second-order valence-electron chi connectivity index (χ2n) is 9.36. The molecule has 206 valence electrons. The van der Waals surface area contributed by atoms with Gasteiger partial charge in [0, 0.05) is 42.5 Å². The van der Waals surface area contributed by atoms with Crippen LogP contribution in [0.2, 0.25) is 0 Å². The Kier molecular flexibility index (Phi) is 13.4. The Bertz CT molecular complexity index is 773. The number of carbonyl (C=O) groups excluding carboxylic acids is 2. The summed E-state index contributed by atoms with van der Waals surface area (Å²) in [7, 11) is -1.36. The van der Waals surface area contributed by atoms with Crippen LogP contribution in [-0.4, -0.2) is 76.7 Å². The molecule has 11 heteroatoms. The molecular weight excluding hydrogens is 501 g/mol. The molecule has 1 saturated heterocycles. The van der Waals surface area contributed by atoms with Gasteiger partial charge in [-0.3, -0.25) is 9.59 Å². The van der Waals surface area contributed by atoms with Crippen molar-refractivity contribution in [2.24, 2.45) is 0 Å². The van der Waals surface area contributed by atoms with Gasteiger partial charge in [-0.25, -0.2) is 4.67 Å². The fourth-order valence-electron chi connectivity index (χ4n) is 4.07. The summed E-state index contributed by atoms with van der Waals surface area (Å²) >= 11 is 1.30. The molecule has 9 nitrogen and oxygen atoms in total. The summed E-state index contributed by atoms with van der Waals surface area (Å²) in [6.45, 7) is 19.6. The minimum Gasteiger partial charge on any atom is -0.378 e. The Hall–Kier alpha value is -1.00. The Balaban J connectivity index is 2.01. The fourth-order valence-corrected chi connectivity index (χ4v) is 6.45. The molecule has 1 amide bonds. The zero-order valence-electron chi connectivity index (χ0n) is 22.8. The minimum atomic E-state index is -1.36. The van der Waals surface area contributed by atoms with Gasteiger partial charge in [0.2, 0.25) is 0 Å². The van der Waals surface area contributed by atoms with Gasteiger partial charge >= 0.3 is 0 Å². The van der Waals surface area contributed by atoms with Gasteiger partial charge in [0.25, 0.3) is 14.4 Å². The highest BCUT2D eigenvalue weighted by Crippen LogP contribution is 2.49. The van der Waals surface area contributed by atoms with Gasteiger partial charge in [-0.1, -0.05) is 32.2 Å². The molecular formula is C25H44N3O6PS. The predicted molar refractivity (Wildman–Crippen MR) is 145 cm³/mol. The Morgan fingerprint density at radius 3 is 2.58 bits per heavy atom. The summed E-state index contributed by atoms with van der Waals surface area (Å²) in [5.74, 6) is 1.01. The van der Waals surface area contributed by atoms with Crippen molar-refractivity contribution in [1.82, 2.24) is 14.9 Å². The van der Waals surface area contributed by atoms with E-state index in [1.165, 1.54) is 11.8 Å². The number of amides is 1. The lowest BCUT2D eigenvalue weighted by Crippen LogP contribution is -2.42. The summed E-state index contributed by atoms with van der Waals surface area (Å²) in [5.41, 5.74) is 0.609. The summed E-state index contributed by atoms with van der Waals surface area (Å²) < 4.78 is 27.2. The lowest BCUT2D eigenvalue weighted by Gasteiger charge is -2.37. The van der Waals surface area contributed by atoms with E-state index in [9.17, 15) is 9.59 Å². The maximum atomic E-state index is 11.9. The smallest absolute Gasteiger partial charge is 0.259 e. The van der Waals surface area contributed by atoms with Gasteiger partial charge in [-0.2, -0.15) is 0 Å². The molecule has 2 aliphatic rings. The van der Waals surface area contributed by atoms with Crippen molar-refractivity contribution in [2.75, 3.05) is 25.6 Å². The van der Waals surface area contributed by atoms with Gasteiger partial charge in [-0.15, -0.1) is 0 Å². The lowest BCUT2D eigenvalue weighted by molar-refractivity contribution is -0.118. The van der Waals surface area contributed by atoms with Crippen LogP contribution in [0.15, 0.2) is 24.2 Å². The van der Waals surface area contributed by atoms with E-state index in [4.69, 9.17) is 18.5 Å². The second-order valence-corrected chi connectivity index (χ2v) is 11.9. The second kappa shape index (κ2) is 15.4. The van der Waals surface area contributed by atoms with Crippen LogP contribution >= 0.6 is 20.3 Å². The molecule has 2 heterocycles. The van der Waals surface area contributed by atoms with Crippen molar-refractivity contribution in [3.05, 3.63) is 24.2 Å². The van der Waals surface area contributed by atoms with E-state index >= 15 is 0 Å². The number of nitrogens with one attached hydrogen (secondary N) is 1. The van der Waals surface area contributed by atoms with Crippen LogP contribution in [0.4, 0.5) is 0 Å². The predicted octanol–water partition coefficient (Wildman–Crippen LogP) is 4.75. The van der Waals surface area contributed by atoms with E-state index in [1.807, 2.05) is 11.8 Å². The molecule has 0 spiro atoms. The molecule has 0 aromatic carbocycles. The van der Waals surface area contributed by atoms with Gasteiger partial charge in [-0.05, 0) is 41.0 Å². The van der Waals surface area contributed by atoms with Crippen molar-refractivity contribution in [1.29, 1.82) is 0 Å². The van der Waals surface area contributed by atoms with Crippen LogP contribution in [-0.2, 0) is 28.1 Å². The van der Waals surface area contributed by atoms with E-state index in [1.54, 1.807) is 13.1 Å². The topological polar surface area (TPSA) is 89.6 Å². The highest BCUT2D eigenvalue weighted by Gasteiger charge is 2.42. The summed E-state index contributed by atoms with van der Waals surface area (Å²) in [4.78, 5) is 25.2. The maximum absolute atomic E-state index is 11.9. The standard InChI is InChI=1S/C25H44N3O6PS/c1-9-21-22(15-23(33-21)27-16-19(7)25(30)26-20(27)8)34-35(28(17(3)4)18(5)6)32-12-11-31-13-14-36-24(29)10-2/h16-18,21-23H,8-15H2,1-7H3,(H,26,30)/t21-,22?,23-,35?/m1/s1. The van der Waals surface area contributed by atoms with Crippen LogP contribution in [0.5, 0.6) is 0 Å². The Morgan fingerprint density at radius 2 is 1.97 bits per heavy atom. The van der Waals surface area contributed by atoms with Crippen molar-refractivity contribution in [3.63, 3.8) is 0 Å². The quantitative estimate of drug-likeness (QED) is 0.231. The third-order valence-corrected chi connectivity index (χ3v) is 8.97. The SMILES string of the molecule is C=C1NC(=O)C(C)=CN1[C@H]1CC(OP(OCCOCCSC(=O)CC)N(C(C)C)C(C)C)[C@@H](CC)O1. The molecule has 2 rings (SSSR count). The van der Waals surface area contributed by atoms with Crippen molar-refractivity contribution < 1.29 is 28.1 Å². The maximum Gasteiger partial charge on any atom is 0.259 e. The van der Waals surface area contributed by atoms with Crippen LogP contribution in [0.25, 0.3) is 0 Å². The minimum absolute atomic E-state index is 0.103. The van der Waals surface area contributed by atoms with E-state index in [0.717, 1.165) is 6.42 Å². The normalized spacial score (nSPS) is 23.6. The molecule has 0 saturated carbocycles. The van der Waals surface area contributed by atoms with Crippen LogP contribution in [0.1, 0.15) is 67.7 Å². The average Bonchev–Trinajstić information content (AvgIpc) is 3.22.